The minimum atomic E-state index is -1.16. The van der Waals surface area contributed by atoms with Crippen molar-refractivity contribution in [3.05, 3.63) is 23.8 Å². The minimum absolute atomic E-state index is 0.0102. The summed E-state index contributed by atoms with van der Waals surface area (Å²) in [6.07, 6.45) is 1.02. The summed E-state index contributed by atoms with van der Waals surface area (Å²) in [6, 6.07) is 1.46. The first kappa shape index (κ1) is 32.6. The molecular weight excluding hydrogens is 572 g/mol. The van der Waals surface area contributed by atoms with Crippen LogP contribution in [0.2, 0.25) is 0 Å². The van der Waals surface area contributed by atoms with E-state index in [1.165, 1.54) is 4.90 Å². The number of likely N-dealkylation sites (tertiary alicyclic amines) is 1. The number of urea groups is 1. The van der Waals surface area contributed by atoms with Gasteiger partial charge in [0, 0.05) is 24.4 Å². The quantitative estimate of drug-likeness (QED) is 0.284. The largest absolute Gasteiger partial charge is 0.454 e. The second-order valence-electron chi connectivity index (χ2n) is 12.9. The van der Waals surface area contributed by atoms with Gasteiger partial charge in [0.05, 0.1) is 18.3 Å². The van der Waals surface area contributed by atoms with Crippen LogP contribution in [-0.2, 0) is 24.0 Å². The van der Waals surface area contributed by atoms with Crippen LogP contribution in [0.15, 0.2) is 23.4 Å². The molecule has 5 N–H and O–H groups in total. The number of rotatable bonds is 10. The number of nitrogens with zero attached hydrogens (tertiary/aromatic N) is 2. The molecule has 3 aliphatic heterocycles. The standard InChI is InChI=1S/C30H42N6O8/c1-7-8-18(23(37)25(31)38)33-26(39)20-13-30(12-19(35-44-30)17-9-10-21-22(11-17)43-15-42-21)14-36(20)27(40)24(29(4,5)6)34-28(41)32-16(2)3/h9-11,16,18,20,24H,7-8,12-15H2,1-6H3,(H2,31,38)(H,33,39)(H2,32,34,41)/t18-,20-,24+,30?/m0/s1. The molecule has 1 fully saturated rings. The topological polar surface area (TPSA) is 191 Å². The van der Waals surface area contributed by atoms with Gasteiger partial charge in [-0.3, -0.25) is 19.2 Å². The zero-order valence-electron chi connectivity index (χ0n) is 26.0. The molecule has 0 aliphatic carbocycles. The predicted molar refractivity (Wildman–Crippen MR) is 159 cm³/mol. The van der Waals surface area contributed by atoms with Crippen LogP contribution >= 0.6 is 0 Å². The van der Waals surface area contributed by atoms with E-state index in [0.717, 1.165) is 5.56 Å². The number of carbonyl (C=O) groups is 5. The molecule has 14 nitrogen and oxygen atoms in total. The van der Waals surface area contributed by atoms with Gasteiger partial charge in [0.25, 0.3) is 5.91 Å². The molecule has 1 aromatic rings. The van der Waals surface area contributed by atoms with Crippen molar-refractivity contribution in [1.82, 2.24) is 20.9 Å². The summed E-state index contributed by atoms with van der Waals surface area (Å²) in [6.45, 7) is 10.9. The van der Waals surface area contributed by atoms with Gasteiger partial charge >= 0.3 is 6.03 Å². The van der Waals surface area contributed by atoms with E-state index in [0.29, 0.717) is 23.6 Å². The number of hydrogen-bond donors (Lipinski definition) is 4. The van der Waals surface area contributed by atoms with Crippen molar-refractivity contribution in [3.63, 3.8) is 0 Å². The average Bonchev–Trinajstić information content (AvgIpc) is 3.68. The number of carbonyl (C=O) groups excluding carboxylic acids is 5. The van der Waals surface area contributed by atoms with Gasteiger partial charge in [-0.05, 0) is 43.9 Å². The summed E-state index contributed by atoms with van der Waals surface area (Å²) < 4.78 is 10.9. The Labute approximate surface area is 256 Å². The Balaban J connectivity index is 1.63. The number of oxime groups is 1. The average molecular weight is 615 g/mol. The highest BCUT2D eigenvalue weighted by atomic mass is 16.7. The SMILES string of the molecule is CCC[C@H](NC(=O)[C@@H]1CC2(CC(c3ccc4c(c3)OCO4)=NO2)CN1C(=O)[C@@H](NC(=O)NC(C)C)C(C)(C)C)C(=O)C(N)=O. The van der Waals surface area contributed by atoms with E-state index in [1.807, 2.05) is 26.8 Å². The van der Waals surface area contributed by atoms with E-state index in [4.69, 9.17) is 20.0 Å². The highest BCUT2D eigenvalue weighted by Crippen LogP contribution is 2.41. The highest BCUT2D eigenvalue weighted by Gasteiger charge is 2.55. The Kier molecular flexibility index (Phi) is 9.40. The first-order chi connectivity index (χ1) is 20.6. The van der Waals surface area contributed by atoms with Crippen molar-refractivity contribution in [2.45, 2.75) is 97.0 Å². The predicted octanol–water partition coefficient (Wildman–Crippen LogP) is 1.34. The molecule has 0 saturated carbocycles. The molecule has 0 aromatic heterocycles. The lowest BCUT2D eigenvalue weighted by atomic mass is 9.85. The number of primary amides is 1. The van der Waals surface area contributed by atoms with Crippen LogP contribution in [0.4, 0.5) is 4.79 Å². The lowest BCUT2D eigenvalue weighted by molar-refractivity contribution is -0.143. The molecule has 44 heavy (non-hydrogen) atoms. The fourth-order valence-corrected chi connectivity index (χ4v) is 5.61. The number of nitrogens with one attached hydrogen (secondary N) is 3. The number of amides is 5. The number of ketones is 1. The molecule has 1 aromatic carbocycles. The van der Waals surface area contributed by atoms with Crippen LogP contribution in [-0.4, -0.2) is 83.3 Å². The van der Waals surface area contributed by atoms with Gasteiger partial charge in [0.2, 0.25) is 24.4 Å². The molecule has 4 atom stereocenters. The molecule has 240 valence electrons. The summed E-state index contributed by atoms with van der Waals surface area (Å²) in [5.74, 6) is -2.02. The van der Waals surface area contributed by atoms with Gasteiger partial charge in [-0.15, -0.1) is 0 Å². The fraction of sp³-hybridized carbons (Fsp3) is 0.600. The number of fused-ring (bicyclic) bond motifs is 1. The summed E-state index contributed by atoms with van der Waals surface area (Å²) in [4.78, 5) is 72.3. The summed E-state index contributed by atoms with van der Waals surface area (Å²) in [5.41, 5.74) is 4.79. The Morgan fingerprint density at radius 1 is 1.09 bits per heavy atom. The number of hydrogen-bond acceptors (Lipinski definition) is 9. The number of nitrogens with two attached hydrogens (primary N) is 1. The molecule has 1 unspecified atom stereocenters. The van der Waals surface area contributed by atoms with E-state index in [2.05, 4.69) is 21.1 Å². The van der Waals surface area contributed by atoms with Crippen LogP contribution < -0.4 is 31.2 Å². The highest BCUT2D eigenvalue weighted by molar-refractivity contribution is 6.37. The third kappa shape index (κ3) is 7.05. The number of benzene rings is 1. The Hall–Kier alpha value is -4.36. The van der Waals surface area contributed by atoms with Crippen LogP contribution in [0.25, 0.3) is 0 Å². The molecule has 14 heteroatoms. The molecule has 3 aliphatic rings. The van der Waals surface area contributed by atoms with E-state index >= 15 is 0 Å². The van der Waals surface area contributed by atoms with Gasteiger partial charge in [0.1, 0.15) is 12.1 Å². The van der Waals surface area contributed by atoms with Crippen molar-refractivity contribution in [3.8, 4) is 11.5 Å². The van der Waals surface area contributed by atoms with Gasteiger partial charge in [-0.2, -0.15) is 0 Å². The molecule has 1 saturated heterocycles. The second kappa shape index (κ2) is 12.7. The molecule has 3 heterocycles. The third-order valence-electron chi connectivity index (χ3n) is 7.79. The van der Waals surface area contributed by atoms with Crippen molar-refractivity contribution >= 4 is 35.2 Å². The lowest BCUT2D eigenvalue weighted by Crippen LogP contribution is -2.60. The second-order valence-corrected chi connectivity index (χ2v) is 12.9. The Morgan fingerprint density at radius 2 is 1.80 bits per heavy atom. The molecule has 1 spiro atoms. The first-order valence-corrected chi connectivity index (χ1v) is 14.8. The van der Waals surface area contributed by atoms with Crippen molar-refractivity contribution in [2.75, 3.05) is 13.3 Å². The zero-order chi connectivity index (χ0) is 32.4. The maximum atomic E-state index is 14.2. The third-order valence-corrected chi connectivity index (χ3v) is 7.79. The van der Waals surface area contributed by atoms with Crippen LogP contribution in [0.3, 0.4) is 0 Å². The Morgan fingerprint density at radius 3 is 2.43 bits per heavy atom. The van der Waals surface area contributed by atoms with Gasteiger partial charge < -0.3 is 40.9 Å². The van der Waals surface area contributed by atoms with E-state index in [9.17, 15) is 24.0 Å². The normalized spacial score (nSPS) is 21.8. The van der Waals surface area contributed by atoms with Crippen molar-refractivity contribution in [1.29, 1.82) is 0 Å². The molecule has 0 bridgehead atoms. The fourth-order valence-electron chi connectivity index (χ4n) is 5.61. The van der Waals surface area contributed by atoms with Crippen molar-refractivity contribution in [2.24, 2.45) is 16.3 Å². The molecule has 4 rings (SSSR count). The van der Waals surface area contributed by atoms with Crippen molar-refractivity contribution < 1.29 is 38.3 Å². The zero-order valence-corrected chi connectivity index (χ0v) is 26.0. The Bertz CT molecular complexity index is 1360. The molecular formula is C30H42N6O8. The molecule has 0 radical (unpaired) electrons. The van der Waals surface area contributed by atoms with E-state index < -0.39 is 58.7 Å². The lowest BCUT2D eigenvalue weighted by Gasteiger charge is -2.35. The van der Waals surface area contributed by atoms with Gasteiger partial charge in [0.15, 0.2) is 17.1 Å². The van der Waals surface area contributed by atoms with Gasteiger partial charge in [-0.1, -0.05) is 39.3 Å². The van der Waals surface area contributed by atoms with Crippen LogP contribution in [0, 0.1) is 5.41 Å². The number of Topliss-reactive ketones (excluding diaryl/α,β-unsaturated/α-hetero) is 1. The van der Waals surface area contributed by atoms with Crippen LogP contribution in [0.1, 0.15) is 72.8 Å². The maximum absolute atomic E-state index is 14.2. The summed E-state index contributed by atoms with van der Waals surface area (Å²) >= 11 is 0. The summed E-state index contributed by atoms with van der Waals surface area (Å²) in [7, 11) is 0. The van der Waals surface area contributed by atoms with E-state index in [-0.39, 0.29) is 38.6 Å². The summed E-state index contributed by atoms with van der Waals surface area (Å²) in [5, 5.41) is 12.5. The first-order valence-electron chi connectivity index (χ1n) is 14.8. The monoisotopic (exact) mass is 614 g/mol. The van der Waals surface area contributed by atoms with E-state index in [1.54, 1.807) is 32.9 Å². The van der Waals surface area contributed by atoms with Crippen LogP contribution in [0.5, 0.6) is 11.5 Å². The van der Waals surface area contributed by atoms with Gasteiger partial charge in [-0.25, -0.2) is 4.79 Å². The number of ether oxygens (including phenoxy) is 2. The minimum Gasteiger partial charge on any atom is -0.454 e. The molecule has 5 amide bonds. The maximum Gasteiger partial charge on any atom is 0.315 e. The smallest absolute Gasteiger partial charge is 0.315 e.